The zero-order valence-corrected chi connectivity index (χ0v) is 35.7. The van der Waals surface area contributed by atoms with Crippen molar-refractivity contribution < 1.29 is 14.9 Å². The second kappa shape index (κ2) is 16.0. The van der Waals surface area contributed by atoms with Crippen molar-refractivity contribution in [3.8, 4) is 0 Å². The van der Waals surface area contributed by atoms with Crippen molar-refractivity contribution in [1.29, 1.82) is 5.41 Å². The van der Waals surface area contributed by atoms with E-state index in [0.717, 1.165) is 90.8 Å². The van der Waals surface area contributed by atoms with Gasteiger partial charge in [-0.05, 0) is 145 Å². The highest BCUT2D eigenvalue weighted by molar-refractivity contribution is 7.22. The largest absolute Gasteiger partial charge is 0.480 e. The van der Waals surface area contributed by atoms with Crippen LogP contribution in [0.2, 0.25) is 0 Å². The number of ether oxygens (including phenoxy) is 1. The van der Waals surface area contributed by atoms with Gasteiger partial charge in [0.1, 0.15) is 23.2 Å². The molecular weight excluding hydrogens is 747 g/mol. The van der Waals surface area contributed by atoms with E-state index in [9.17, 15) is 15.6 Å². The monoisotopic (exact) mass is 807 g/mol. The van der Waals surface area contributed by atoms with Crippen LogP contribution in [-0.4, -0.2) is 84.8 Å². The molecular formula is C45H61N9O3S. The third-order valence-electron chi connectivity index (χ3n) is 13.7. The number of aliphatic hydroxyl groups excluding tert-OH is 1. The maximum absolute atomic E-state index is 10.7. The van der Waals surface area contributed by atoms with Gasteiger partial charge in [0.05, 0.1) is 28.6 Å². The summed E-state index contributed by atoms with van der Waals surface area (Å²) < 4.78 is 9.91. The molecule has 2 bridgehead atoms. The van der Waals surface area contributed by atoms with E-state index in [0.29, 0.717) is 47.1 Å². The van der Waals surface area contributed by atoms with Gasteiger partial charge in [-0.2, -0.15) is 5.10 Å². The molecule has 58 heavy (non-hydrogen) atoms. The molecule has 0 radical (unpaired) electrons. The number of likely N-dealkylation sites (tertiary alicyclic amines) is 2. The number of dihydropyridines is 1. The quantitative estimate of drug-likeness (QED) is 0.0724. The topological polar surface area (TPSA) is 161 Å². The molecule has 3 aliphatic heterocycles. The summed E-state index contributed by atoms with van der Waals surface area (Å²) in [6.45, 7) is 16.9. The summed E-state index contributed by atoms with van der Waals surface area (Å²) in [6, 6.07) is 7.90. The number of nitrogens with zero attached hydrogens (tertiary/aromatic N) is 6. The van der Waals surface area contributed by atoms with Gasteiger partial charge in [-0.25, -0.2) is 9.98 Å². The molecule has 0 spiro atoms. The molecule has 12 nitrogen and oxygen atoms in total. The van der Waals surface area contributed by atoms with Crippen LogP contribution in [0.3, 0.4) is 0 Å². The third kappa shape index (κ3) is 8.09. The molecule has 3 aromatic rings. The van der Waals surface area contributed by atoms with E-state index in [1.54, 1.807) is 0 Å². The minimum Gasteiger partial charge on any atom is -0.480 e. The van der Waals surface area contributed by atoms with Crippen LogP contribution in [0.25, 0.3) is 15.8 Å². The number of rotatable bonds is 11. The molecule has 4 fully saturated rings. The molecule has 0 amide bonds. The average molecular weight is 808 g/mol. The fourth-order valence-corrected chi connectivity index (χ4v) is 12.1. The number of hydrogen-bond donors (Lipinski definition) is 5. The van der Waals surface area contributed by atoms with E-state index in [4.69, 9.17) is 15.6 Å². The van der Waals surface area contributed by atoms with E-state index in [2.05, 4.69) is 52.6 Å². The molecule has 1 aromatic carbocycles. The number of fused-ring (bicyclic) bond motifs is 3. The smallest absolute Gasteiger partial charge is 0.299 e. The van der Waals surface area contributed by atoms with Crippen LogP contribution in [0.1, 0.15) is 103 Å². The molecule has 2 saturated heterocycles. The number of hydrogen-bond acceptors (Lipinski definition) is 10. The van der Waals surface area contributed by atoms with Gasteiger partial charge in [0.15, 0.2) is 0 Å². The molecule has 2 aromatic heterocycles. The van der Waals surface area contributed by atoms with Gasteiger partial charge in [-0.1, -0.05) is 37.3 Å². The number of amidine groups is 2. The van der Waals surface area contributed by atoms with Crippen molar-refractivity contribution in [3.05, 3.63) is 82.5 Å². The Kier molecular flexibility index (Phi) is 11.1. The zero-order valence-electron chi connectivity index (χ0n) is 34.9. The molecule has 2 aliphatic carbocycles. The second-order valence-corrected chi connectivity index (χ2v) is 19.3. The van der Waals surface area contributed by atoms with Crippen LogP contribution in [0.15, 0.2) is 76.2 Å². The number of aromatic nitrogens is 3. The van der Waals surface area contributed by atoms with Crippen molar-refractivity contribution in [2.75, 3.05) is 32.8 Å². The summed E-state index contributed by atoms with van der Waals surface area (Å²) >= 11 is 1.48. The highest BCUT2D eigenvalue weighted by atomic mass is 32.1. The van der Waals surface area contributed by atoms with Gasteiger partial charge in [0.2, 0.25) is 5.13 Å². The van der Waals surface area contributed by atoms with Crippen LogP contribution < -0.4 is 11.1 Å². The predicted octanol–water partition coefficient (Wildman–Crippen LogP) is 8.86. The fourth-order valence-electron chi connectivity index (χ4n) is 11.2. The number of nitrogens with one attached hydrogen (secondary N) is 2. The van der Waals surface area contributed by atoms with E-state index in [-0.39, 0.29) is 22.1 Å². The first kappa shape index (κ1) is 40.3. The van der Waals surface area contributed by atoms with Gasteiger partial charge in [0.25, 0.3) is 5.95 Å². The minimum atomic E-state index is -0.810. The lowest BCUT2D eigenvalue weighted by Gasteiger charge is -2.57. The third-order valence-corrected chi connectivity index (χ3v) is 14.6. The summed E-state index contributed by atoms with van der Waals surface area (Å²) in [5, 5.41) is 39.3. The lowest BCUT2D eigenvalue weighted by molar-refractivity contribution is -0.145. The highest BCUT2D eigenvalue weighted by Crippen LogP contribution is 2.60. The number of aliphatic hydroxyl groups is 2. The normalized spacial score (nSPS) is 29.1. The van der Waals surface area contributed by atoms with Crippen LogP contribution in [0.5, 0.6) is 0 Å². The van der Waals surface area contributed by atoms with Gasteiger partial charge < -0.3 is 35.8 Å². The molecule has 310 valence electrons. The lowest BCUT2D eigenvalue weighted by Crippen LogP contribution is -2.52. The van der Waals surface area contributed by atoms with Crippen LogP contribution in [-0.2, 0) is 11.3 Å². The summed E-state index contributed by atoms with van der Waals surface area (Å²) in [5.41, 5.74) is 11.8. The van der Waals surface area contributed by atoms with Crippen molar-refractivity contribution in [2.45, 2.75) is 111 Å². The number of nitrogens with two attached hydrogens (primary N) is 1. The van der Waals surface area contributed by atoms with Crippen molar-refractivity contribution in [1.82, 2.24) is 29.9 Å². The van der Waals surface area contributed by atoms with Crippen molar-refractivity contribution >= 4 is 43.9 Å². The molecule has 2 saturated carbocycles. The molecule has 6 N–H and O–H groups in total. The first-order valence-electron chi connectivity index (χ1n) is 21.2. The number of allylic oxidation sites excluding steroid dienone is 3. The molecule has 5 heterocycles. The molecule has 5 aliphatic rings. The van der Waals surface area contributed by atoms with Gasteiger partial charge >= 0.3 is 0 Å². The fraction of sp³-hybridized carbons (Fsp3) is 0.556. The summed E-state index contributed by atoms with van der Waals surface area (Å²) in [5.74, 6) is 1.02. The van der Waals surface area contributed by atoms with Gasteiger partial charge in [0, 0.05) is 42.0 Å². The van der Waals surface area contributed by atoms with Crippen LogP contribution in [0, 0.1) is 29.1 Å². The standard InChI is InChI=1S/C45H61N9O3S/c1-6-45(24-31-22-43(4,27-45)26-44(5,23-31)57-21-20-52-17-9-10-18-52)28-54-30(3)34(25-48-54)33-15-16-37(50-38(33)41(55)56)53-19-11-12-32(40(53)47)29(2)39(46)51-42-49-35-13-7-8-14-36(35)58-42/h7-8,13-16,25,31,47,50,55-56H,6,9-12,17-24,26-28H2,1-5H3,(H2,46,49,51)/b32-29-,47-40?/t31?,43-,44?,45?/m1/s1. The first-order valence-corrected chi connectivity index (χ1v) is 22.1. The van der Waals surface area contributed by atoms with Crippen LogP contribution >= 0.6 is 11.3 Å². The Morgan fingerprint density at radius 2 is 1.88 bits per heavy atom. The van der Waals surface area contributed by atoms with Gasteiger partial charge in [-0.3, -0.25) is 10.1 Å². The van der Waals surface area contributed by atoms with E-state index < -0.39 is 5.95 Å². The number of para-hydroxylation sites is 1. The first-order chi connectivity index (χ1) is 27.8. The summed E-state index contributed by atoms with van der Waals surface area (Å²) in [7, 11) is 0. The molecule has 3 unspecified atom stereocenters. The van der Waals surface area contributed by atoms with E-state index in [1.165, 1.54) is 43.7 Å². The lowest BCUT2D eigenvalue weighted by atomic mass is 9.51. The maximum Gasteiger partial charge on any atom is 0.299 e. The summed E-state index contributed by atoms with van der Waals surface area (Å²) in [4.78, 5) is 13.6. The highest BCUT2D eigenvalue weighted by Gasteiger charge is 2.53. The summed E-state index contributed by atoms with van der Waals surface area (Å²) in [6.07, 6.45) is 16.6. The number of piperidine rings is 1. The number of benzene rings is 1. The Balaban J connectivity index is 0.982. The zero-order chi connectivity index (χ0) is 40.8. The number of thiazole rings is 1. The Hall–Kier alpha value is -4.46. The predicted molar refractivity (Wildman–Crippen MR) is 233 cm³/mol. The minimum absolute atomic E-state index is 0.0727. The van der Waals surface area contributed by atoms with Crippen LogP contribution in [0.4, 0.5) is 5.13 Å². The van der Waals surface area contributed by atoms with Gasteiger partial charge in [-0.15, -0.1) is 0 Å². The maximum atomic E-state index is 10.7. The van der Waals surface area contributed by atoms with Crippen molar-refractivity contribution in [2.24, 2.45) is 27.5 Å². The van der Waals surface area contributed by atoms with E-state index in [1.807, 2.05) is 54.4 Å². The average Bonchev–Trinajstić information content (AvgIpc) is 3.94. The molecule has 8 rings (SSSR count). The molecule has 13 heteroatoms. The number of aliphatic imine (C=N–C) groups is 1. The van der Waals surface area contributed by atoms with Crippen molar-refractivity contribution in [3.63, 3.8) is 0 Å². The Bertz CT molecular complexity index is 2190. The second-order valence-electron chi connectivity index (χ2n) is 18.3. The Morgan fingerprint density at radius 1 is 1.09 bits per heavy atom. The van der Waals surface area contributed by atoms with E-state index >= 15 is 0 Å². The Morgan fingerprint density at radius 3 is 2.62 bits per heavy atom. The Labute approximate surface area is 346 Å². The SMILES string of the molecule is CCC1(Cn2ncc(C3=CC=C(N4CCC/C(=C(C)/C(N)=N\c5nc6ccccc6s5)C4=N)NC3=C(O)O)c2C)CC2CC(C)(OCCN3CCCC3)C[C@@](C)(C2)C1. The molecule has 4 atom stereocenters.